The molecular formula is C22H28N6O4. The molecule has 10 heteroatoms. The van der Waals surface area contributed by atoms with Crippen molar-refractivity contribution in [1.29, 1.82) is 0 Å². The van der Waals surface area contributed by atoms with Crippen LogP contribution in [0.5, 0.6) is 0 Å². The number of pyridine rings is 2. The number of anilines is 3. The quantitative estimate of drug-likeness (QED) is 0.351. The number of nitrogens with one attached hydrogen (secondary N) is 2. The fourth-order valence-electron chi connectivity index (χ4n) is 3.38. The van der Waals surface area contributed by atoms with Crippen LogP contribution in [0.2, 0.25) is 0 Å². The first kappa shape index (κ1) is 22.1. The number of hydrogen-bond acceptors (Lipinski definition) is 9. The van der Waals surface area contributed by atoms with Gasteiger partial charge in [-0.15, -0.1) is 0 Å². The Morgan fingerprint density at radius 2 is 2.00 bits per heavy atom. The zero-order chi connectivity index (χ0) is 23.1. The van der Waals surface area contributed by atoms with Crippen LogP contribution in [-0.2, 0) is 12.1 Å². The van der Waals surface area contributed by atoms with E-state index in [2.05, 4.69) is 32.5 Å². The first-order valence-corrected chi connectivity index (χ1v) is 10.5. The van der Waals surface area contributed by atoms with E-state index in [0.29, 0.717) is 33.9 Å². The molecule has 5 N–H and O–H groups in total. The second-order valence-corrected chi connectivity index (χ2v) is 9.09. The highest BCUT2D eigenvalue weighted by Gasteiger charge is 2.38. The predicted octanol–water partition coefficient (Wildman–Crippen LogP) is 1.48. The van der Waals surface area contributed by atoms with Gasteiger partial charge in [0.05, 0.1) is 30.3 Å². The molecule has 4 rings (SSSR count). The summed E-state index contributed by atoms with van der Waals surface area (Å²) in [5.41, 5.74) is -1.08. The lowest BCUT2D eigenvalue weighted by Gasteiger charge is -2.19. The molecule has 0 saturated heterocycles. The molecule has 32 heavy (non-hydrogen) atoms. The molecule has 1 fully saturated rings. The van der Waals surface area contributed by atoms with Crippen LogP contribution < -0.4 is 16.2 Å². The van der Waals surface area contributed by atoms with Gasteiger partial charge in [0.15, 0.2) is 0 Å². The minimum Gasteiger partial charge on any atom is -0.394 e. The number of rotatable bonds is 8. The largest absolute Gasteiger partial charge is 0.394 e. The predicted molar refractivity (Wildman–Crippen MR) is 121 cm³/mol. The molecule has 1 saturated carbocycles. The van der Waals surface area contributed by atoms with E-state index in [4.69, 9.17) is 5.11 Å². The van der Waals surface area contributed by atoms with Gasteiger partial charge in [-0.1, -0.05) is 0 Å². The Balaban J connectivity index is 1.76. The molecule has 0 amide bonds. The van der Waals surface area contributed by atoms with Gasteiger partial charge in [-0.25, -0.2) is 15.0 Å². The number of aliphatic hydroxyl groups is 3. The molecule has 1 aliphatic rings. The lowest BCUT2D eigenvalue weighted by Crippen LogP contribution is -2.29. The van der Waals surface area contributed by atoms with Crippen molar-refractivity contribution in [3.8, 4) is 0 Å². The molecule has 1 unspecified atom stereocenters. The lowest BCUT2D eigenvalue weighted by atomic mass is 10.1. The molecule has 170 valence electrons. The van der Waals surface area contributed by atoms with Gasteiger partial charge in [0.2, 0.25) is 0 Å². The van der Waals surface area contributed by atoms with Gasteiger partial charge in [0.1, 0.15) is 29.4 Å². The molecule has 3 aromatic heterocycles. The second kappa shape index (κ2) is 8.12. The molecule has 10 nitrogen and oxygen atoms in total. The van der Waals surface area contributed by atoms with E-state index in [1.54, 1.807) is 38.2 Å². The number of hydrogen-bond donors (Lipinski definition) is 5. The Morgan fingerprint density at radius 3 is 2.66 bits per heavy atom. The summed E-state index contributed by atoms with van der Waals surface area (Å²) in [7, 11) is 0. The third kappa shape index (κ3) is 4.72. The van der Waals surface area contributed by atoms with Crippen molar-refractivity contribution >= 4 is 28.2 Å². The zero-order valence-corrected chi connectivity index (χ0v) is 18.3. The summed E-state index contributed by atoms with van der Waals surface area (Å²) >= 11 is 0. The number of aliphatic hydroxyl groups excluding tert-OH is 2. The number of fused-ring (bicyclic) bond motifs is 1. The molecular weight excluding hydrogens is 412 g/mol. The van der Waals surface area contributed by atoms with Crippen LogP contribution in [0.3, 0.4) is 0 Å². The van der Waals surface area contributed by atoms with Crippen LogP contribution in [0.1, 0.15) is 39.3 Å². The van der Waals surface area contributed by atoms with Crippen molar-refractivity contribution in [2.45, 2.75) is 57.4 Å². The first-order chi connectivity index (χ1) is 15.1. The number of aromatic nitrogens is 4. The Hall–Kier alpha value is -3.08. The molecule has 0 aromatic carbocycles. The molecule has 0 radical (unpaired) electrons. The average Bonchev–Trinajstić information content (AvgIpc) is 3.46. The fraction of sp³-hybridized carbons (Fsp3) is 0.455. The van der Waals surface area contributed by atoms with E-state index >= 15 is 0 Å². The molecule has 3 aromatic rings. The SMILES string of the molecule is CC1(Nc2nc(Nc3cc(C(C)(C)O)ncn3)cc3ccn(CC(O)CO)c(=O)c23)CC1. The van der Waals surface area contributed by atoms with E-state index in [1.165, 1.54) is 10.9 Å². The standard InChI is InChI=1S/C22H28N6O4/c1-21(2,32)15-9-16(24-12-23-15)25-17-8-13-4-7-28(10-14(30)11-29)20(31)18(13)19(26-17)27-22(3)5-6-22/h4,7-9,12,14,29-30,32H,5-6,10-11H2,1-3H3,(H2,23,24,25,26,27). The summed E-state index contributed by atoms with van der Waals surface area (Å²) in [6, 6.07) is 5.17. The van der Waals surface area contributed by atoms with Gasteiger partial charge in [-0.05, 0) is 51.1 Å². The van der Waals surface area contributed by atoms with Gasteiger partial charge < -0.3 is 30.5 Å². The highest BCUT2D eigenvalue weighted by atomic mass is 16.3. The fourth-order valence-corrected chi connectivity index (χ4v) is 3.38. The van der Waals surface area contributed by atoms with Gasteiger partial charge >= 0.3 is 0 Å². The van der Waals surface area contributed by atoms with E-state index in [1.807, 2.05) is 0 Å². The van der Waals surface area contributed by atoms with Crippen LogP contribution in [0.4, 0.5) is 17.5 Å². The minimum absolute atomic E-state index is 0.0113. The average molecular weight is 441 g/mol. The highest BCUT2D eigenvalue weighted by molar-refractivity contribution is 5.93. The summed E-state index contributed by atoms with van der Waals surface area (Å²) in [4.78, 5) is 26.1. The molecule has 1 atom stereocenters. The van der Waals surface area contributed by atoms with Gasteiger partial charge in [0, 0.05) is 17.8 Å². The third-order valence-corrected chi connectivity index (χ3v) is 5.55. The summed E-state index contributed by atoms with van der Waals surface area (Å²) in [5, 5.41) is 36.7. The molecule has 0 aliphatic heterocycles. The van der Waals surface area contributed by atoms with Crippen molar-refractivity contribution in [2.75, 3.05) is 17.2 Å². The van der Waals surface area contributed by atoms with Gasteiger partial charge in [-0.2, -0.15) is 0 Å². The molecule has 1 aliphatic carbocycles. The first-order valence-electron chi connectivity index (χ1n) is 10.5. The van der Waals surface area contributed by atoms with Crippen LogP contribution in [-0.4, -0.2) is 53.1 Å². The lowest BCUT2D eigenvalue weighted by molar-refractivity contribution is 0.0737. The van der Waals surface area contributed by atoms with Gasteiger partial charge in [0.25, 0.3) is 5.56 Å². The summed E-state index contributed by atoms with van der Waals surface area (Å²) in [6.07, 6.45) is 3.87. The van der Waals surface area contributed by atoms with E-state index in [9.17, 15) is 15.0 Å². The van der Waals surface area contributed by atoms with Crippen LogP contribution in [0.15, 0.2) is 35.5 Å². The van der Waals surface area contributed by atoms with Crippen molar-refractivity contribution in [1.82, 2.24) is 19.5 Å². The summed E-state index contributed by atoms with van der Waals surface area (Å²) < 4.78 is 1.37. The normalized spacial score (nSPS) is 16.1. The van der Waals surface area contributed by atoms with Gasteiger partial charge in [-0.3, -0.25) is 4.79 Å². The molecule has 0 spiro atoms. The Morgan fingerprint density at radius 1 is 1.25 bits per heavy atom. The van der Waals surface area contributed by atoms with E-state index in [-0.39, 0.29) is 17.6 Å². The topological polar surface area (TPSA) is 145 Å². The van der Waals surface area contributed by atoms with Crippen LogP contribution in [0, 0.1) is 0 Å². The number of nitrogens with zero attached hydrogens (tertiary/aromatic N) is 4. The maximum Gasteiger partial charge on any atom is 0.262 e. The monoisotopic (exact) mass is 440 g/mol. The zero-order valence-electron chi connectivity index (χ0n) is 18.3. The van der Waals surface area contributed by atoms with Crippen molar-refractivity contribution in [3.63, 3.8) is 0 Å². The molecule has 3 heterocycles. The van der Waals surface area contributed by atoms with Crippen molar-refractivity contribution in [3.05, 3.63) is 46.8 Å². The summed E-state index contributed by atoms with van der Waals surface area (Å²) in [6.45, 7) is 4.91. The Bertz CT molecular complexity index is 1200. The van der Waals surface area contributed by atoms with Crippen molar-refractivity contribution in [2.24, 2.45) is 0 Å². The van der Waals surface area contributed by atoms with Crippen LogP contribution >= 0.6 is 0 Å². The maximum absolute atomic E-state index is 13.2. The van der Waals surface area contributed by atoms with Crippen LogP contribution in [0.25, 0.3) is 10.8 Å². The third-order valence-electron chi connectivity index (χ3n) is 5.55. The van der Waals surface area contributed by atoms with E-state index < -0.39 is 18.3 Å². The Labute approximate surface area is 185 Å². The van der Waals surface area contributed by atoms with E-state index in [0.717, 1.165) is 12.8 Å². The minimum atomic E-state index is -1.12. The maximum atomic E-state index is 13.2. The van der Waals surface area contributed by atoms with Crippen molar-refractivity contribution < 1.29 is 15.3 Å². The highest BCUT2D eigenvalue weighted by Crippen LogP contribution is 2.39. The smallest absolute Gasteiger partial charge is 0.262 e. The summed E-state index contributed by atoms with van der Waals surface area (Å²) in [5.74, 6) is 1.39. The Kier molecular flexibility index (Phi) is 5.61. The molecule has 0 bridgehead atoms. The second-order valence-electron chi connectivity index (χ2n) is 9.09.